The Hall–Kier alpha value is -2.16. The molecule has 0 aromatic heterocycles. The number of carboxylic acids is 4. The van der Waals surface area contributed by atoms with Gasteiger partial charge in [-0.2, -0.15) is 0 Å². The Morgan fingerprint density at radius 3 is 1.32 bits per heavy atom. The molecule has 0 radical (unpaired) electrons. The number of carboxylic acid groups (broad SMARTS) is 4. The third kappa shape index (κ3) is 10.7. The molecular weight excluding hydrogens is 264 g/mol. The van der Waals surface area contributed by atoms with E-state index >= 15 is 0 Å². The van der Waals surface area contributed by atoms with Crippen LogP contribution in [0.4, 0.5) is 0 Å². The predicted molar refractivity (Wildman–Crippen MR) is 59.6 cm³/mol. The number of aliphatic hydroxyl groups is 1. The minimum atomic E-state index is -2.74. The SMILES string of the molecule is CCCC(=O)O.O=C(O)CC(O)(CC(=O)O)C(=O)O. The van der Waals surface area contributed by atoms with Gasteiger partial charge in [-0.3, -0.25) is 14.4 Å². The van der Waals surface area contributed by atoms with Crippen LogP contribution < -0.4 is 0 Å². The standard InChI is InChI=1S/C6H8O7.C4H8O2/c7-3(8)1-6(13,5(11)12)2-4(9)10;1-2-3-4(5)6/h13H,1-2H2,(H,7,8)(H,9,10)(H,11,12);2-3H2,1H3,(H,5,6). The lowest BCUT2D eigenvalue weighted by Crippen LogP contribution is -2.42. The van der Waals surface area contributed by atoms with Crippen LogP contribution in [0.1, 0.15) is 32.6 Å². The van der Waals surface area contributed by atoms with E-state index in [4.69, 9.17) is 25.5 Å². The third-order valence-electron chi connectivity index (χ3n) is 1.75. The molecule has 9 nitrogen and oxygen atoms in total. The largest absolute Gasteiger partial charge is 0.481 e. The summed E-state index contributed by atoms with van der Waals surface area (Å²) in [6.45, 7) is 1.84. The van der Waals surface area contributed by atoms with Gasteiger partial charge in [-0.25, -0.2) is 4.79 Å². The van der Waals surface area contributed by atoms with Gasteiger partial charge in [0.25, 0.3) is 0 Å². The Labute approximate surface area is 108 Å². The molecule has 0 amide bonds. The first-order valence-electron chi connectivity index (χ1n) is 5.16. The van der Waals surface area contributed by atoms with E-state index in [0.29, 0.717) is 6.42 Å². The molecule has 0 aliphatic carbocycles. The van der Waals surface area contributed by atoms with Crippen LogP contribution in [-0.4, -0.2) is 55.0 Å². The fourth-order valence-corrected chi connectivity index (χ4v) is 0.928. The molecule has 0 rings (SSSR count). The molecule has 0 aliphatic heterocycles. The van der Waals surface area contributed by atoms with Crippen LogP contribution in [-0.2, 0) is 19.2 Å². The van der Waals surface area contributed by atoms with Crippen molar-refractivity contribution in [3.05, 3.63) is 0 Å². The van der Waals surface area contributed by atoms with Gasteiger partial charge in [-0.05, 0) is 6.42 Å². The van der Waals surface area contributed by atoms with Crippen LogP contribution in [0, 0.1) is 0 Å². The molecule has 0 aromatic carbocycles. The van der Waals surface area contributed by atoms with E-state index in [1.807, 2.05) is 6.92 Å². The lowest BCUT2D eigenvalue weighted by atomic mass is 9.96. The van der Waals surface area contributed by atoms with Crippen LogP contribution >= 0.6 is 0 Å². The summed E-state index contributed by atoms with van der Waals surface area (Å²) in [5, 5.41) is 41.7. The van der Waals surface area contributed by atoms with E-state index < -0.39 is 42.3 Å². The molecule has 0 fully saturated rings. The summed E-state index contributed by atoms with van der Waals surface area (Å²) in [6.07, 6.45) is -1.27. The van der Waals surface area contributed by atoms with E-state index in [1.165, 1.54) is 0 Å². The average Bonchev–Trinajstić information content (AvgIpc) is 2.14. The molecule has 0 aliphatic rings. The lowest BCUT2D eigenvalue weighted by Gasteiger charge is -2.18. The number of aliphatic carboxylic acids is 4. The van der Waals surface area contributed by atoms with E-state index in [0.717, 1.165) is 6.42 Å². The quantitative estimate of drug-likeness (QED) is 0.417. The summed E-state index contributed by atoms with van der Waals surface area (Å²) in [7, 11) is 0. The Morgan fingerprint density at radius 1 is 0.842 bits per heavy atom. The second kappa shape index (κ2) is 8.86. The maximum atomic E-state index is 10.3. The highest BCUT2D eigenvalue weighted by atomic mass is 16.4. The van der Waals surface area contributed by atoms with Gasteiger partial charge in [0.2, 0.25) is 0 Å². The molecule has 5 N–H and O–H groups in total. The minimum Gasteiger partial charge on any atom is -0.481 e. The third-order valence-corrected chi connectivity index (χ3v) is 1.75. The van der Waals surface area contributed by atoms with Crippen molar-refractivity contribution in [3.8, 4) is 0 Å². The molecule has 9 heteroatoms. The number of rotatable bonds is 7. The van der Waals surface area contributed by atoms with E-state index in [-0.39, 0.29) is 0 Å². The average molecular weight is 280 g/mol. The van der Waals surface area contributed by atoms with Crippen molar-refractivity contribution >= 4 is 23.9 Å². The highest BCUT2D eigenvalue weighted by Gasteiger charge is 2.40. The predicted octanol–water partition coefficient (Wildman–Crippen LogP) is -0.377. The van der Waals surface area contributed by atoms with Crippen molar-refractivity contribution in [2.24, 2.45) is 0 Å². The highest BCUT2D eigenvalue weighted by Crippen LogP contribution is 2.15. The Kier molecular flexibility index (Phi) is 8.95. The zero-order chi connectivity index (χ0) is 15.6. The molecule has 110 valence electrons. The van der Waals surface area contributed by atoms with Gasteiger partial charge in [-0.1, -0.05) is 6.92 Å². The van der Waals surface area contributed by atoms with Gasteiger partial charge < -0.3 is 25.5 Å². The summed E-state index contributed by atoms with van der Waals surface area (Å²) in [5.41, 5.74) is -2.74. The van der Waals surface area contributed by atoms with Gasteiger partial charge in [0.1, 0.15) is 0 Å². The summed E-state index contributed by atoms with van der Waals surface area (Å²) in [5.74, 6) is -5.73. The number of hydrogen-bond donors (Lipinski definition) is 5. The monoisotopic (exact) mass is 280 g/mol. The molecule has 0 atom stereocenters. The van der Waals surface area contributed by atoms with E-state index in [2.05, 4.69) is 0 Å². The smallest absolute Gasteiger partial charge is 0.336 e. The van der Waals surface area contributed by atoms with Crippen LogP contribution in [0.15, 0.2) is 0 Å². The fourth-order valence-electron chi connectivity index (χ4n) is 0.928. The lowest BCUT2D eigenvalue weighted by molar-refractivity contribution is -0.170. The van der Waals surface area contributed by atoms with Crippen molar-refractivity contribution in [1.82, 2.24) is 0 Å². The van der Waals surface area contributed by atoms with Gasteiger partial charge >= 0.3 is 23.9 Å². The first kappa shape index (κ1) is 19.2. The van der Waals surface area contributed by atoms with Crippen LogP contribution in [0.25, 0.3) is 0 Å². The first-order chi connectivity index (χ1) is 8.55. The van der Waals surface area contributed by atoms with E-state index in [9.17, 15) is 19.2 Å². The van der Waals surface area contributed by atoms with Crippen LogP contribution in [0.2, 0.25) is 0 Å². The molecule has 19 heavy (non-hydrogen) atoms. The zero-order valence-corrected chi connectivity index (χ0v) is 10.2. The maximum Gasteiger partial charge on any atom is 0.336 e. The molecule has 0 bridgehead atoms. The molecule has 0 heterocycles. The minimum absolute atomic E-state index is 0.292. The van der Waals surface area contributed by atoms with Crippen LogP contribution in [0.3, 0.4) is 0 Å². The Morgan fingerprint density at radius 2 is 1.21 bits per heavy atom. The van der Waals surface area contributed by atoms with Crippen molar-refractivity contribution in [2.45, 2.75) is 38.2 Å². The van der Waals surface area contributed by atoms with Gasteiger partial charge in [0.05, 0.1) is 12.8 Å². The fraction of sp³-hybridized carbons (Fsp3) is 0.600. The summed E-state index contributed by atoms with van der Waals surface area (Å²) in [6, 6.07) is 0. The maximum absolute atomic E-state index is 10.3. The van der Waals surface area contributed by atoms with E-state index in [1.54, 1.807) is 0 Å². The number of hydrogen-bond acceptors (Lipinski definition) is 5. The molecule has 0 saturated carbocycles. The Balaban J connectivity index is 0. The topological polar surface area (TPSA) is 169 Å². The first-order valence-corrected chi connectivity index (χ1v) is 5.16. The molecular formula is C10H16O9. The van der Waals surface area contributed by atoms with Gasteiger partial charge in [0, 0.05) is 6.42 Å². The Bertz CT molecular complexity index is 331. The molecule has 0 spiro atoms. The van der Waals surface area contributed by atoms with Crippen molar-refractivity contribution < 1.29 is 44.7 Å². The van der Waals surface area contributed by atoms with Crippen molar-refractivity contribution in [2.75, 3.05) is 0 Å². The van der Waals surface area contributed by atoms with Crippen molar-refractivity contribution in [3.63, 3.8) is 0 Å². The molecule has 0 aromatic rings. The summed E-state index contributed by atoms with van der Waals surface area (Å²) >= 11 is 0. The van der Waals surface area contributed by atoms with Gasteiger partial charge in [0.15, 0.2) is 5.60 Å². The highest BCUT2D eigenvalue weighted by molar-refractivity contribution is 5.88. The zero-order valence-electron chi connectivity index (χ0n) is 10.2. The molecule has 0 unspecified atom stereocenters. The second-order valence-electron chi connectivity index (χ2n) is 3.62. The normalized spacial score (nSPS) is 10.0. The summed E-state index contributed by atoms with van der Waals surface area (Å²) in [4.78, 5) is 40.1. The van der Waals surface area contributed by atoms with Crippen LogP contribution in [0.5, 0.6) is 0 Å². The summed E-state index contributed by atoms with van der Waals surface area (Å²) < 4.78 is 0. The molecule has 0 saturated heterocycles. The number of carbonyl (C=O) groups is 4. The van der Waals surface area contributed by atoms with Crippen molar-refractivity contribution in [1.29, 1.82) is 0 Å². The van der Waals surface area contributed by atoms with Gasteiger partial charge in [-0.15, -0.1) is 0 Å². The second-order valence-corrected chi connectivity index (χ2v) is 3.62.